The standard InChI is InChI=1S/C17H19Br2N/c1-3-20-17(10-13-6-4-5-12(2)9-13)15-8-7-14(18)11-16(15)19/h4-9,11,17,20H,3,10H2,1-2H3. The second-order valence-corrected chi connectivity index (χ2v) is 6.74. The SMILES string of the molecule is CCNC(Cc1cccc(C)c1)c1ccc(Br)cc1Br. The van der Waals surface area contributed by atoms with Crippen LogP contribution in [0.5, 0.6) is 0 Å². The van der Waals surface area contributed by atoms with Crippen molar-refractivity contribution >= 4 is 31.9 Å². The Bertz CT molecular complexity index is 581. The number of hydrogen-bond acceptors (Lipinski definition) is 1. The van der Waals surface area contributed by atoms with Gasteiger partial charge in [-0.2, -0.15) is 0 Å². The summed E-state index contributed by atoms with van der Waals surface area (Å²) in [5.41, 5.74) is 3.98. The minimum Gasteiger partial charge on any atom is -0.310 e. The molecular weight excluding hydrogens is 378 g/mol. The largest absolute Gasteiger partial charge is 0.310 e. The summed E-state index contributed by atoms with van der Waals surface area (Å²) in [5, 5.41) is 3.58. The van der Waals surface area contributed by atoms with Gasteiger partial charge in [0.15, 0.2) is 0 Å². The van der Waals surface area contributed by atoms with Gasteiger partial charge in [-0.1, -0.05) is 74.7 Å². The fourth-order valence-electron chi connectivity index (χ4n) is 2.40. The number of rotatable bonds is 5. The molecule has 0 heterocycles. The Balaban J connectivity index is 2.26. The molecule has 0 aliphatic heterocycles. The van der Waals surface area contributed by atoms with Crippen LogP contribution >= 0.6 is 31.9 Å². The van der Waals surface area contributed by atoms with Crippen LogP contribution in [0.4, 0.5) is 0 Å². The highest BCUT2D eigenvalue weighted by Crippen LogP contribution is 2.29. The monoisotopic (exact) mass is 395 g/mol. The van der Waals surface area contributed by atoms with Crippen molar-refractivity contribution in [3.05, 3.63) is 68.1 Å². The second kappa shape index (κ2) is 7.39. The highest BCUT2D eigenvalue weighted by molar-refractivity contribution is 9.11. The van der Waals surface area contributed by atoms with Crippen molar-refractivity contribution < 1.29 is 0 Å². The Morgan fingerprint density at radius 2 is 1.90 bits per heavy atom. The summed E-state index contributed by atoms with van der Waals surface area (Å²) in [5.74, 6) is 0. The predicted octanol–water partition coefficient (Wildman–Crippen LogP) is 5.41. The lowest BCUT2D eigenvalue weighted by Crippen LogP contribution is -2.23. The molecule has 0 fully saturated rings. The molecule has 0 saturated heterocycles. The molecule has 1 unspecified atom stereocenters. The zero-order valence-corrected chi connectivity index (χ0v) is 15.0. The van der Waals surface area contributed by atoms with E-state index in [1.807, 2.05) is 0 Å². The molecule has 0 amide bonds. The first-order valence-corrected chi connectivity index (χ1v) is 8.42. The summed E-state index contributed by atoms with van der Waals surface area (Å²) in [4.78, 5) is 0. The molecule has 2 aromatic carbocycles. The van der Waals surface area contributed by atoms with Gasteiger partial charge < -0.3 is 5.32 Å². The predicted molar refractivity (Wildman–Crippen MR) is 93.1 cm³/mol. The molecule has 0 radical (unpaired) electrons. The van der Waals surface area contributed by atoms with Gasteiger partial charge in [0.2, 0.25) is 0 Å². The van der Waals surface area contributed by atoms with Gasteiger partial charge in [-0.25, -0.2) is 0 Å². The Labute approximate surface area is 138 Å². The van der Waals surface area contributed by atoms with Gasteiger partial charge in [0.05, 0.1) is 0 Å². The molecule has 3 heteroatoms. The van der Waals surface area contributed by atoms with Gasteiger partial charge in [0, 0.05) is 15.0 Å². The molecule has 0 aliphatic rings. The third kappa shape index (κ3) is 4.18. The van der Waals surface area contributed by atoms with Crippen LogP contribution in [0.25, 0.3) is 0 Å². The highest BCUT2D eigenvalue weighted by Gasteiger charge is 2.14. The summed E-state index contributed by atoms with van der Waals surface area (Å²) in [7, 11) is 0. The number of likely N-dealkylation sites (N-methyl/N-ethyl adjacent to an activating group) is 1. The van der Waals surface area contributed by atoms with E-state index in [1.54, 1.807) is 0 Å². The van der Waals surface area contributed by atoms with Crippen molar-refractivity contribution in [2.75, 3.05) is 6.54 Å². The minimum absolute atomic E-state index is 0.323. The zero-order chi connectivity index (χ0) is 14.5. The van der Waals surface area contributed by atoms with Crippen LogP contribution in [0, 0.1) is 6.92 Å². The average molecular weight is 397 g/mol. The molecule has 1 N–H and O–H groups in total. The zero-order valence-electron chi connectivity index (χ0n) is 11.8. The average Bonchev–Trinajstić information content (AvgIpc) is 2.38. The normalized spacial score (nSPS) is 12.4. The summed E-state index contributed by atoms with van der Waals surface area (Å²) in [6.07, 6.45) is 0.996. The Kier molecular flexibility index (Phi) is 5.82. The molecule has 20 heavy (non-hydrogen) atoms. The number of halogens is 2. The van der Waals surface area contributed by atoms with Crippen molar-refractivity contribution in [3.8, 4) is 0 Å². The maximum Gasteiger partial charge on any atom is 0.0372 e. The van der Waals surface area contributed by atoms with Crippen LogP contribution in [-0.4, -0.2) is 6.54 Å². The molecule has 0 aromatic heterocycles. The number of hydrogen-bond donors (Lipinski definition) is 1. The first-order valence-electron chi connectivity index (χ1n) is 6.84. The van der Waals surface area contributed by atoms with Crippen LogP contribution in [0.1, 0.15) is 29.7 Å². The van der Waals surface area contributed by atoms with Gasteiger partial charge in [-0.05, 0) is 43.1 Å². The van der Waals surface area contributed by atoms with Crippen LogP contribution in [0.3, 0.4) is 0 Å². The van der Waals surface area contributed by atoms with E-state index in [2.05, 4.69) is 93.5 Å². The van der Waals surface area contributed by atoms with Gasteiger partial charge in [0.1, 0.15) is 0 Å². The van der Waals surface area contributed by atoms with Crippen LogP contribution in [-0.2, 0) is 6.42 Å². The van der Waals surface area contributed by atoms with E-state index in [0.29, 0.717) is 6.04 Å². The number of benzene rings is 2. The summed E-state index contributed by atoms with van der Waals surface area (Å²) >= 11 is 7.19. The third-order valence-electron chi connectivity index (χ3n) is 3.31. The topological polar surface area (TPSA) is 12.0 Å². The van der Waals surface area contributed by atoms with E-state index < -0.39 is 0 Å². The molecule has 0 aliphatic carbocycles. The van der Waals surface area contributed by atoms with E-state index in [9.17, 15) is 0 Å². The van der Waals surface area contributed by atoms with Crippen molar-refractivity contribution in [2.45, 2.75) is 26.3 Å². The molecular formula is C17H19Br2N. The first-order chi connectivity index (χ1) is 9.60. The van der Waals surface area contributed by atoms with Gasteiger partial charge >= 0.3 is 0 Å². The quantitative estimate of drug-likeness (QED) is 0.711. The van der Waals surface area contributed by atoms with Crippen LogP contribution in [0.2, 0.25) is 0 Å². The maximum absolute atomic E-state index is 3.68. The van der Waals surface area contributed by atoms with Crippen LogP contribution < -0.4 is 5.32 Å². The van der Waals surface area contributed by atoms with E-state index in [-0.39, 0.29) is 0 Å². The second-order valence-electron chi connectivity index (χ2n) is 4.97. The Morgan fingerprint density at radius 1 is 1.10 bits per heavy atom. The smallest absolute Gasteiger partial charge is 0.0372 e. The first kappa shape index (κ1) is 15.7. The van der Waals surface area contributed by atoms with E-state index in [0.717, 1.165) is 21.9 Å². The van der Waals surface area contributed by atoms with Crippen molar-refractivity contribution in [1.82, 2.24) is 5.32 Å². The highest BCUT2D eigenvalue weighted by atomic mass is 79.9. The lowest BCUT2D eigenvalue weighted by molar-refractivity contribution is 0.548. The summed E-state index contributed by atoms with van der Waals surface area (Å²) < 4.78 is 2.24. The van der Waals surface area contributed by atoms with E-state index in [1.165, 1.54) is 16.7 Å². The molecule has 0 spiro atoms. The molecule has 2 aromatic rings. The fourth-order valence-corrected chi connectivity index (χ4v) is 3.72. The lowest BCUT2D eigenvalue weighted by atomic mass is 9.98. The molecule has 0 saturated carbocycles. The maximum atomic E-state index is 3.68. The molecule has 2 rings (SSSR count). The van der Waals surface area contributed by atoms with Crippen LogP contribution in [0.15, 0.2) is 51.4 Å². The lowest BCUT2D eigenvalue weighted by Gasteiger charge is -2.20. The van der Waals surface area contributed by atoms with Gasteiger partial charge in [-0.15, -0.1) is 0 Å². The molecule has 1 atom stereocenters. The molecule has 0 bridgehead atoms. The van der Waals surface area contributed by atoms with Crippen molar-refractivity contribution in [1.29, 1.82) is 0 Å². The Hall–Kier alpha value is -0.640. The van der Waals surface area contributed by atoms with Gasteiger partial charge in [-0.3, -0.25) is 0 Å². The molecule has 1 nitrogen and oxygen atoms in total. The van der Waals surface area contributed by atoms with E-state index >= 15 is 0 Å². The van der Waals surface area contributed by atoms with Gasteiger partial charge in [0.25, 0.3) is 0 Å². The third-order valence-corrected chi connectivity index (χ3v) is 4.49. The van der Waals surface area contributed by atoms with E-state index in [4.69, 9.17) is 0 Å². The fraction of sp³-hybridized carbons (Fsp3) is 0.294. The summed E-state index contributed by atoms with van der Waals surface area (Å²) in [6, 6.07) is 15.4. The Morgan fingerprint density at radius 3 is 2.55 bits per heavy atom. The number of aryl methyl sites for hydroxylation is 1. The summed E-state index contributed by atoms with van der Waals surface area (Å²) in [6.45, 7) is 5.25. The minimum atomic E-state index is 0.323. The van der Waals surface area contributed by atoms with Crippen molar-refractivity contribution in [2.24, 2.45) is 0 Å². The van der Waals surface area contributed by atoms with Crippen molar-refractivity contribution in [3.63, 3.8) is 0 Å². The number of nitrogens with one attached hydrogen (secondary N) is 1. The molecule has 106 valence electrons.